The van der Waals surface area contributed by atoms with E-state index in [-0.39, 0.29) is 40.7 Å². The third-order valence-corrected chi connectivity index (χ3v) is 9.79. The number of fused-ring (bicyclic) bond motifs is 1. The van der Waals surface area contributed by atoms with Gasteiger partial charge in [0.2, 0.25) is 16.0 Å². The smallest absolute Gasteiger partial charge is 0.278 e. The Morgan fingerprint density at radius 1 is 1.07 bits per heavy atom. The minimum atomic E-state index is -3.69. The largest absolute Gasteiger partial charge is 0.351 e. The maximum atomic E-state index is 15.1. The van der Waals surface area contributed by atoms with Gasteiger partial charge >= 0.3 is 0 Å². The van der Waals surface area contributed by atoms with Gasteiger partial charge in [0.05, 0.1) is 17.6 Å². The van der Waals surface area contributed by atoms with E-state index in [0.29, 0.717) is 23.2 Å². The van der Waals surface area contributed by atoms with Crippen molar-refractivity contribution in [2.75, 3.05) is 29.9 Å². The van der Waals surface area contributed by atoms with Gasteiger partial charge in [0, 0.05) is 23.7 Å². The van der Waals surface area contributed by atoms with Crippen LogP contribution >= 0.6 is 0 Å². The van der Waals surface area contributed by atoms with E-state index in [2.05, 4.69) is 44.0 Å². The Bertz CT molecular complexity index is 1560. The highest BCUT2D eigenvalue weighted by atomic mass is 32.2. The molecule has 0 spiro atoms. The van der Waals surface area contributed by atoms with E-state index in [1.807, 2.05) is 13.8 Å². The molecule has 0 unspecified atom stereocenters. The van der Waals surface area contributed by atoms with Crippen molar-refractivity contribution < 1.29 is 12.8 Å². The molecule has 2 N–H and O–H groups in total. The molecule has 41 heavy (non-hydrogen) atoms. The normalized spacial score (nSPS) is 20.3. The number of hydrogen-bond donors (Lipinski definition) is 2. The molecule has 0 aliphatic heterocycles. The first kappa shape index (κ1) is 29.4. The van der Waals surface area contributed by atoms with Crippen LogP contribution < -0.4 is 15.6 Å². The lowest BCUT2D eigenvalue weighted by Gasteiger charge is -2.32. The Balaban J connectivity index is 1.40. The van der Waals surface area contributed by atoms with Gasteiger partial charge in [0.15, 0.2) is 5.65 Å². The number of anilines is 2. The second-order valence-corrected chi connectivity index (χ2v) is 13.7. The Kier molecular flexibility index (Phi) is 8.60. The Labute approximate surface area is 240 Å². The zero-order valence-electron chi connectivity index (χ0n) is 24.2. The molecule has 12 heteroatoms. The van der Waals surface area contributed by atoms with Crippen molar-refractivity contribution in [3.05, 3.63) is 40.6 Å². The third-order valence-electron chi connectivity index (χ3n) is 8.35. The number of aromatic nitrogens is 4. The molecule has 2 heterocycles. The van der Waals surface area contributed by atoms with Gasteiger partial charge in [-0.2, -0.15) is 4.98 Å². The van der Waals surface area contributed by atoms with Gasteiger partial charge in [-0.1, -0.05) is 18.9 Å². The summed E-state index contributed by atoms with van der Waals surface area (Å²) in [5, 5.41) is 3.43. The molecule has 0 amide bonds. The number of hydrogen-bond acceptors (Lipinski definition) is 8. The van der Waals surface area contributed by atoms with Crippen LogP contribution in [0.1, 0.15) is 71.3 Å². The van der Waals surface area contributed by atoms with Crippen molar-refractivity contribution in [1.29, 1.82) is 0 Å². The van der Waals surface area contributed by atoms with Crippen LogP contribution in [0.3, 0.4) is 0 Å². The molecule has 2 saturated carbocycles. The molecule has 2 aliphatic carbocycles. The number of sulfonamides is 1. The molecular formula is C29H40FN7O3S. The van der Waals surface area contributed by atoms with Crippen LogP contribution in [0.5, 0.6) is 0 Å². The fourth-order valence-corrected chi connectivity index (χ4v) is 7.64. The van der Waals surface area contributed by atoms with Crippen LogP contribution in [-0.4, -0.2) is 64.8 Å². The van der Waals surface area contributed by atoms with Crippen molar-refractivity contribution in [3.63, 3.8) is 0 Å². The molecule has 0 bridgehead atoms. The Hall–Kier alpha value is -3.12. The Morgan fingerprint density at radius 2 is 1.78 bits per heavy atom. The van der Waals surface area contributed by atoms with Gasteiger partial charge in [0.1, 0.15) is 17.0 Å². The van der Waals surface area contributed by atoms with Gasteiger partial charge in [-0.05, 0) is 84.5 Å². The van der Waals surface area contributed by atoms with Crippen molar-refractivity contribution in [3.8, 4) is 11.3 Å². The summed E-state index contributed by atoms with van der Waals surface area (Å²) in [5.41, 5.74) is 0.578. The zero-order chi connectivity index (χ0) is 29.3. The first-order valence-corrected chi connectivity index (χ1v) is 16.2. The summed E-state index contributed by atoms with van der Waals surface area (Å²) in [6.45, 7) is 3.76. The van der Waals surface area contributed by atoms with Gasteiger partial charge < -0.3 is 10.2 Å². The van der Waals surface area contributed by atoms with Crippen molar-refractivity contribution in [2.45, 2.75) is 83.3 Å². The second kappa shape index (κ2) is 12.0. The van der Waals surface area contributed by atoms with Crippen LogP contribution in [0.25, 0.3) is 22.4 Å². The summed E-state index contributed by atoms with van der Waals surface area (Å²) in [5.74, 6) is -0.237. The van der Waals surface area contributed by atoms with E-state index in [1.54, 1.807) is 10.8 Å². The molecule has 5 rings (SSSR count). The quantitative estimate of drug-likeness (QED) is 0.368. The SMILES string of the molecule is CC(C)n1c(=O)c(-c2ccc(NS(=O)(=O)CC3CCCC3)c(F)c2)nc2cnc(N[C@H]3CC[C@H](N(C)C)CC3)nc21. The Morgan fingerprint density at radius 3 is 2.41 bits per heavy atom. The monoisotopic (exact) mass is 585 g/mol. The summed E-state index contributed by atoms with van der Waals surface area (Å²) in [6, 6.07) is 4.60. The highest BCUT2D eigenvalue weighted by Gasteiger charge is 2.25. The molecule has 3 aromatic rings. The number of benzene rings is 1. The molecule has 2 aromatic heterocycles. The standard InChI is InChI=1S/C29H40FN7O3S/c1-18(2)37-27-25(16-31-29(34-27)32-21-10-12-22(13-11-21)36(3)4)33-26(28(37)38)20-9-14-24(23(30)15-20)35-41(39,40)17-19-7-5-6-8-19/h9,14-16,18-19,21-22,35H,5-8,10-13,17H2,1-4H3,(H,31,32,34)/t21-,22-. The average molecular weight is 586 g/mol. The number of rotatable bonds is 9. The third kappa shape index (κ3) is 6.69. The summed E-state index contributed by atoms with van der Waals surface area (Å²) in [7, 11) is 0.530. The van der Waals surface area contributed by atoms with E-state index < -0.39 is 21.4 Å². The molecule has 1 aromatic carbocycles. The fourth-order valence-electron chi connectivity index (χ4n) is 6.10. The second-order valence-electron chi connectivity index (χ2n) is 12.0. The summed E-state index contributed by atoms with van der Waals surface area (Å²) in [6.07, 6.45) is 9.59. The molecule has 0 atom stereocenters. The van der Waals surface area contributed by atoms with Crippen LogP contribution in [0.4, 0.5) is 16.0 Å². The maximum absolute atomic E-state index is 15.1. The van der Waals surface area contributed by atoms with E-state index in [0.717, 1.165) is 57.4 Å². The highest BCUT2D eigenvalue weighted by Crippen LogP contribution is 2.29. The highest BCUT2D eigenvalue weighted by molar-refractivity contribution is 7.92. The van der Waals surface area contributed by atoms with Crippen LogP contribution in [0.2, 0.25) is 0 Å². The minimum Gasteiger partial charge on any atom is -0.351 e. The van der Waals surface area contributed by atoms with Crippen molar-refractivity contribution in [2.24, 2.45) is 5.92 Å². The number of nitrogens with zero attached hydrogens (tertiary/aromatic N) is 5. The molecule has 222 valence electrons. The zero-order valence-corrected chi connectivity index (χ0v) is 25.0. The summed E-state index contributed by atoms with van der Waals surface area (Å²) < 4.78 is 44.3. The fraction of sp³-hybridized carbons (Fsp3) is 0.586. The predicted octanol–water partition coefficient (Wildman–Crippen LogP) is 4.79. The van der Waals surface area contributed by atoms with Crippen LogP contribution in [-0.2, 0) is 10.0 Å². The van der Waals surface area contributed by atoms with E-state index in [9.17, 15) is 13.2 Å². The van der Waals surface area contributed by atoms with Crippen LogP contribution in [0.15, 0.2) is 29.2 Å². The molecule has 0 saturated heterocycles. The van der Waals surface area contributed by atoms with E-state index in [1.165, 1.54) is 12.1 Å². The average Bonchev–Trinajstić information content (AvgIpc) is 3.42. The summed E-state index contributed by atoms with van der Waals surface area (Å²) in [4.78, 5) is 29.6. The van der Waals surface area contributed by atoms with Gasteiger partial charge in [-0.25, -0.2) is 22.8 Å². The lowest BCUT2D eigenvalue weighted by molar-refractivity contribution is 0.221. The van der Waals surface area contributed by atoms with E-state index >= 15 is 4.39 Å². The topological polar surface area (TPSA) is 122 Å². The minimum absolute atomic E-state index is 0.0201. The molecular weight excluding hydrogens is 545 g/mol. The van der Waals surface area contributed by atoms with Gasteiger partial charge in [-0.15, -0.1) is 0 Å². The molecule has 0 radical (unpaired) electrons. The molecule has 2 aliphatic rings. The van der Waals surface area contributed by atoms with E-state index in [4.69, 9.17) is 0 Å². The summed E-state index contributed by atoms with van der Waals surface area (Å²) >= 11 is 0. The first-order chi connectivity index (χ1) is 19.5. The van der Waals surface area contributed by atoms with Gasteiger partial charge in [-0.3, -0.25) is 14.1 Å². The maximum Gasteiger partial charge on any atom is 0.278 e. The first-order valence-electron chi connectivity index (χ1n) is 14.5. The number of nitrogens with one attached hydrogen (secondary N) is 2. The molecule has 2 fully saturated rings. The van der Waals surface area contributed by atoms with Gasteiger partial charge in [0.25, 0.3) is 5.56 Å². The lowest BCUT2D eigenvalue weighted by atomic mass is 9.91. The molecule has 10 nitrogen and oxygen atoms in total. The van der Waals surface area contributed by atoms with Crippen LogP contribution in [0, 0.1) is 11.7 Å². The predicted molar refractivity (Wildman–Crippen MR) is 160 cm³/mol. The van der Waals surface area contributed by atoms with Crippen molar-refractivity contribution in [1.82, 2.24) is 24.4 Å². The lowest BCUT2D eigenvalue weighted by Crippen LogP contribution is -2.36. The van der Waals surface area contributed by atoms with Crippen molar-refractivity contribution >= 4 is 32.8 Å². The number of halogens is 1.